The number of unbranched alkanes of at least 4 members (excludes halogenated alkanes) is 15. The average molecular weight is 1010 g/mol. The van der Waals surface area contributed by atoms with Gasteiger partial charge in [-0.1, -0.05) is 89.9 Å². The van der Waals surface area contributed by atoms with E-state index in [2.05, 4.69) is 26.6 Å². The molecule has 5 amide bonds. The Morgan fingerprint density at radius 1 is 0.479 bits per heavy atom. The van der Waals surface area contributed by atoms with Gasteiger partial charge in [-0.05, 0) is 57.3 Å². The molecule has 0 radical (unpaired) electrons. The Bertz CT molecular complexity index is 1510. The first-order valence-electron chi connectivity index (χ1n) is 26.1. The topological polar surface area (TPSA) is 311 Å². The van der Waals surface area contributed by atoms with E-state index in [0.717, 1.165) is 38.5 Å². The molecular formula is C50H87N5O16. The van der Waals surface area contributed by atoms with Gasteiger partial charge in [-0.3, -0.25) is 33.6 Å². The molecule has 1 aliphatic rings. The van der Waals surface area contributed by atoms with Crippen molar-refractivity contribution >= 4 is 53.7 Å². The van der Waals surface area contributed by atoms with Crippen molar-refractivity contribution in [2.45, 2.75) is 179 Å². The highest BCUT2D eigenvalue weighted by atomic mass is 16.5. The molecule has 21 nitrogen and oxygen atoms in total. The van der Waals surface area contributed by atoms with Crippen LogP contribution in [0.5, 0.6) is 0 Å². The maximum Gasteiger partial charge on any atom is 0.326 e. The molecule has 2 atom stereocenters. The lowest BCUT2D eigenvalue weighted by molar-refractivity contribution is -0.143. The first kappa shape index (κ1) is 64.3. The highest BCUT2D eigenvalue weighted by Gasteiger charge is 2.30. The van der Waals surface area contributed by atoms with Gasteiger partial charge in [0, 0.05) is 51.2 Å². The van der Waals surface area contributed by atoms with Crippen LogP contribution in [-0.4, -0.2) is 154 Å². The third-order valence-electron chi connectivity index (χ3n) is 12.2. The van der Waals surface area contributed by atoms with Gasteiger partial charge in [-0.2, -0.15) is 0 Å². The summed E-state index contributed by atoms with van der Waals surface area (Å²) in [7, 11) is 0. The van der Waals surface area contributed by atoms with E-state index in [1.807, 2.05) is 0 Å². The summed E-state index contributed by atoms with van der Waals surface area (Å²) < 4.78 is 20.8. The van der Waals surface area contributed by atoms with Crippen LogP contribution in [0.2, 0.25) is 0 Å². The number of aliphatic carboxylic acids is 3. The molecule has 1 unspecified atom stereocenters. The summed E-state index contributed by atoms with van der Waals surface area (Å²) >= 11 is 0. The maximum atomic E-state index is 13.1. The van der Waals surface area contributed by atoms with Crippen LogP contribution in [0, 0.1) is 11.8 Å². The molecule has 1 rings (SSSR count). The molecule has 0 aromatic rings. The Kier molecular flexibility index (Phi) is 39.8. The fourth-order valence-electron chi connectivity index (χ4n) is 8.06. The molecule has 21 heteroatoms. The van der Waals surface area contributed by atoms with E-state index in [4.69, 9.17) is 24.1 Å². The number of rotatable bonds is 48. The Morgan fingerprint density at radius 3 is 1.51 bits per heavy atom. The fraction of sp³-hybridized carbons (Fsp3) is 0.820. The molecule has 408 valence electrons. The van der Waals surface area contributed by atoms with Crippen molar-refractivity contribution in [1.82, 2.24) is 26.6 Å². The quantitative estimate of drug-likeness (QED) is 0.0313. The van der Waals surface area contributed by atoms with Crippen LogP contribution < -0.4 is 26.6 Å². The lowest BCUT2D eigenvalue weighted by Gasteiger charge is -2.28. The van der Waals surface area contributed by atoms with E-state index < -0.39 is 60.1 Å². The average Bonchev–Trinajstić information content (AvgIpc) is 3.34. The second-order valence-corrected chi connectivity index (χ2v) is 18.2. The van der Waals surface area contributed by atoms with Crippen molar-refractivity contribution in [3.05, 3.63) is 0 Å². The van der Waals surface area contributed by atoms with Crippen molar-refractivity contribution < 1.29 is 77.4 Å². The van der Waals surface area contributed by atoms with Crippen molar-refractivity contribution in [2.24, 2.45) is 11.8 Å². The molecule has 8 N–H and O–H groups in total. The van der Waals surface area contributed by atoms with Crippen molar-refractivity contribution in [2.75, 3.05) is 72.5 Å². The van der Waals surface area contributed by atoms with Gasteiger partial charge in [0.1, 0.15) is 31.6 Å². The number of ether oxygens (including phenoxy) is 4. The molecule has 1 saturated carbocycles. The number of amides is 5. The number of carbonyl (C=O) groups excluding carboxylic acids is 6. The second kappa shape index (κ2) is 44.0. The van der Waals surface area contributed by atoms with Gasteiger partial charge in [0.2, 0.25) is 29.5 Å². The molecule has 71 heavy (non-hydrogen) atoms. The van der Waals surface area contributed by atoms with Crippen LogP contribution in [0.1, 0.15) is 167 Å². The van der Waals surface area contributed by atoms with Crippen LogP contribution in [0.25, 0.3) is 0 Å². The second-order valence-electron chi connectivity index (χ2n) is 18.2. The predicted molar refractivity (Wildman–Crippen MR) is 262 cm³/mol. The molecule has 0 saturated heterocycles. The summed E-state index contributed by atoms with van der Waals surface area (Å²) in [5, 5.41) is 40.9. The Labute approximate surface area is 420 Å². The van der Waals surface area contributed by atoms with Crippen molar-refractivity contribution in [1.29, 1.82) is 0 Å². The van der Waals surface area contributed by atoms with Crippen molar-refractivity contribution in [3.8, 4) is 0 Å². The monoisotopic (exact) mass is 1010 g/mol. The number of hydrogen-bond acceptors (Lipinski definition) is 13. The lowest BCUT2D eigenvalue weighted by Crippen LogP contribution is -2.48. The minimum Gasteiger partial charge on any atom is -0.481 e. The highest BCUT2D eigenvalue weighted by molar-refractivity contribution is 5.89. The van der Waals surface area contributed by atoms with E-state index in [1.54, 1.807) is 0 Å². The third kappa shape index (κ3) is 38.6. The van der Waals surface area contributed by atoms with Gasteiger partial charge in [0.25, 0.3) is 0 Å². The summed E-state index contributed by atoms with van der Waals surface area (Å²) in [5.41, 5.74) is 0. The van der Waals surface area contributed by atoms with Gasteiger partial charge in [-0.25, -0.2) is 4.79 Å². The molecular weight excluding hydrogens is 927 g/mol. The Balaban J connectivity index is 2.21. The van der Waals surface area contributed by atoms with E-state index in [-0.39, 0.29) is 109 Å². The van der Waals surface area contributed by atoms with Crippen LogP contribution >= 0.6 is 0 Å². The molecule has 0 aliphatic heterocycles. The Hall–Kier alpha value is -4.73. The SMILES string of the molecule is O=CCOCCOCCNC(=O)COCCOCCNC(=O)C(CCC(=O)O)NC(=O)CC[C@H](NC(=O)C1CCC(CNC(=O)CCCCCCCCCCCCCCCCCCC(=O)O)CC1)C(=O)O. The van der Waals surface area contributed by atoms with E-state index in [1.165, 1.54) is 64.2 Å². The van der Waals surface area contributed by atoms with Gasteiger partial charge in [0.05, 0.1) is 39.6 Å². The summed E-state index contributed by atoms with van der Waals surface area (Å²) in [5.74, 6) is -5.47. The number of carboxylic acids is 3. The van der Waals surface area contributed by atoms with Crippen LogP contribution in [0.3, 0.4) is 0 Å². The number of carbonyl (C=O) groups is 9. The van der Waals surface area contributed by atoms with Crippen LogP contribution in [0.15, 0.2) is 0 Å². The van der Waals surface area contributed by atoms with Crippen LogP contribution in [-0.2, 0) is 62.1 Å². The number of carboxylic acid groups (broad SMARTS) is 3. The minimum absolute atomic E-state index is 0.00102. The minimum atomic E-state index is -1.36. The van der Waals surface area contributed by atoms with Crippen LogP contribution in [0.4, 0.5) is 0 Å². The zero-order valence-electron chi connectivity index (χ0n) is 42.2. The highest BCUT2D eigenvalue weighted by Crippen LogP contribution is 2.29. The maximum absolute atomic E-state index is 13.1. The molecule has 0 heterocycles. The molecule has 0 bridgehead atoms. The molecule has 1 fully saturated rings. The van der Waals surface area contributed by atoms with Gasteiger partial charge >= 0.3 is 17.9 Å². The number of nitrogens with one attached hydrogen (secondary N) is 5. The zero-order chi connectivity index (χ0) is 52.2. The predicted octanol–water partition coefficient (Wildman–Crippen LogP) is 4.21. The van der Waals surface area contributed by atoms with Gasteiger partial charge < -0.3 is 65.6 Å². The van der Waals surface area contributed by atoms with E-state index in [0.29, 0.717) is 44.9 Å². The normalized spacial score (nSPS) is 15.2. The summed E-state index contributed by atoms with van der Waals surface area (Å²) in [6, 6.07) is -2.57. The molecule has 0 aromatic carbocycles. The smallest absolute Gasteiger partial charge is 0.326 e. The summed E-state index contributed by atoms with van der Waals surface area (Å²) in [6.45, 7) is 1.70. The summed E-state index contributed by atoms with van der Waals surface area (Å²) in [6.07, 6.45) is 21.1. The molecule has 0 aromatic heterocycles. The standard InChI is InChI=1S/C50H87N5O16/c56-29-32-70-34-33-68-30-27-51-45(59)38-71-36-35-69-31-28-52-49(65)41(24-26-47(62)63)54-44(58)25-23-42(50(66)67)55-48(64)40-21-19-39(20-22-40)37-53-43(57)17-15-13-11-9-7-5-3-1-2-4-6-8-10-12-14-16-18-46(60)61/h29,39-42H,1-28,30-38H2,(H,51,59)(H,52,65)(H,53,57)(H,54,58)(H,55,64)(H,60,61)(H,62,63)(H,66,67)/t39?,40?,41?,42-/m0/s1. The Morgan fingerprint density at radius 2 is 0.972 bits per heavy atom. The fourth-order valence-corrected chi connectivity index (χ4v) is 8.06. The first-order chi connectivity index (χ1) is 34.3. The van der Waals surface area contributed by atoms with Gasteiger partial charge in [-0.15, -0.1) is 0 Å². The summed E-state index contributed by atoms with van der Waals surface area (Å²) in [4.78, 5) is 107. The first-order valence-corrected chi connectivity index (χ1v) is 26.1. The number of aldehydes is 1. The lowest BCUT2D eigenvalue weighted by atomic mass is 9.81. The van der Waals surface area contributed by atoms with E-state index in [9.17, 15) is 53.4 Å². The zero-order valence-corrected chi connectivity index (χ0v) is 42.2. The van der Waals surface area contributed by atoms with E-state index >= 15 is 0 Å². The number of hydrogen-bond donors (Lipinski definition) is 8. The molecule has 1 aliphatic carbocycles. The van der Waals surface area contributed by atoms with Gasteiger partial charge in [0.15, 0.2) is 0 Å². The molecule has 0 spiro atoms. The van der Waals surface area contributed by atoms with Crippen molar-refractivity contribution in [3.63, 3.8) is 0 Å². The third-order valence-corrected chi connectivity index (χ3v) is 12.2. The largest absolute Gasteiger partial charge is 0.481 e.